The monoisotopic (exact) mass is 263 g/mol. The van der Waals surface area contributed by atoms with E-state index in [1.807, 2.05) is 20.0 Å². The zero-order valence-electron chi connectivity index (χ0n) is 11.2. The molecule has 2 aromatic rings. The van der Waals surface area contributed by atoms with Crippen molar-refractivity contribution in [2.75, 3.05) is 7.05 Å². The molecule has 0 aliphatic rings. The fourth-order valence-electron chi connectivity index (χ4n) is 1.88. The van der Waals surface area contributed by atoms with E-state index in [0.717, 1.165) is 17.1 Å². The number of aryl methyl sites for hydroxylation is 1. The third-order valence-corrected chi connectivity index (χ3v) is 2.90. The van der Waals surface area contributed by atoms with Gasteiger partial charge >= 0.3 is 0 Å². The van der Waals surface area contributed by atoms with E-state index in [-0.39, 0.29) is 12.4 Å². The van der Waals surface area contributed by atoms with Crippen LogP contribution in [0.3, 0.4) is 0 Å². The minimum absolute atomic E-state index is 0.234. The van der Waals surface area contributed by atoms with Crippen LogP contribution in [0.1, 0.15) is 22.6 Å². The van der Waals surface area contributed by atoms with Gasteiger partial charge in [0, 0.05) is 11.1 Å². The Morgan fingerprint density at radius 3 is 2.68 bits per heavy atom. The van der Waals surface area contributed by atoms with E-state index >= 15 is 0 Å². The summed E-state index contributed by atoms with van der Waals surface area (Å²) in [5.74, 6) is 1.49. The SMILES string of the molecule is CNCc1cc(COCc2ccccc2F)c(C)o1. The zero-order valence-corrected chi connectivity index (χ0v) is 11.2. The maximum Gasteiger partial charge on any atom is 0.128 e. The van der Waals surface area contributed by atoms with E-state index in [1.54, 1.807) is 18.2 Å². The minimum atomic E-state index is -0.234. The van der Waals surface area contributed by atoms with Crippen LogP contribution in [0.15, 0.2) is 34.7 Å². The van der Waals surface area contributed by atoms with Gasteiger partial charge in [-0.15, -0.1) is 0 Å². The number of ether oxygens (including phenoxy) is 1. The first-order valence-electron chi connectivity index (χ1n) is 6.24. The Morgan fingerprint density at radius 1 is 1.21 bits per heavy atom. The van der Waals surface area contributed by atoms with E-state index in [1.165, 1.54) is 6.07 Å². The predicted octanol–water partition coefficient (Wildman–Crippen LogP) is 3.16. The van der Waals surface area contributed by atoms with Crippen molar-refractivity contribution in [3.63, 3.8) is 0 Å². The Kier molecular flexibility index (Phi) is 4.71. The molecule has 0 amide bonds. The van der Waals surface area contributed by atoms with Gasteiger partial charge in [-0.05, 0) is 26.1 Å². The van der Waals surface area contributed by atoms with Crippen LogP contribution in [-0.4, -0.2) is 7.05 Å². The number of halogens is 1. The second kappa shape index (κ2) is 6.50. The molecule has 0 fully saturated rings. The smallest absolute Gasteiger partial charge is 0.128 e. The highest BCUT2D eigenvalue weighted by Crippen LogP contribution is 2.16. The molecule has 102 valence electrons. The fraction of sp³-hybridized carbons (Fsp3) is 0.333. The molecule has 0 radical (unpaired) electrons. The highest BCUT2D eigenvalue weighted by Gasteiger charge is 2.07. The van der Waals surface area contributed by atoms with Crippen molar-refractivity contribution >= 4 is 0 Å². The summed E-state index contributed by atoms with van der Waals surface area (Å²) in [7, 11) is 1.87. The third-order valence-electron chi connectivity index (χ3n) is 2.90. The van der Waals surface area contributed by atoms with Gasteiger partial charge in [0.25, 0.3) is 0 Å². The summed E-state index contributed by atoms with van der Waals surface area (Å²) >= 11 is 0. The van der Waals surface area contributed by atoms with Crippen molar-refractivity contribution in [1.82, 2.24) is 5.32 Å². The fourth-order valence-corrected chi connectivity index (χ4v) is 1.88. The van der Waals surface area contributed by atoms with Crippen LogP contribution in [0.25, 0.3) is 0 Å². The molecule has 0 saturated heterocycles. The van der Waals surface area contributed by atoms with E-state index in [9.17, 15) is 4.39 Å². The number of hydrogen-bond acceptors (Lipinski definition) is 3. The molecule has 4 heteroatoms. The predicted molar refractivity (Wildman–Crippen MR) is 71.1 cm³/mol. The molecule has 0 bridgehead atoms. The lowest BCUT2D eigenvalue weighted by Crippen LogP contribution is -2.03. The molecular weight excluding hydrogens is 245 g/mol. The molecule has 1 N–H and O–H groups in total. The van der Waals surface area contributed by atoms with Crippen LogP contribution < -0.4 is 5.32 Å². The van der Waals surface area contributed by atoms with Gasteiger partial charge < -0.3 is 14.5 Å². The Balaban J connectivity index is 1.90. The summed E-state index contributed by atoms with van der Waals surface area (Å²) in [6, 6.07) is 8.60. The summed E-state index contributed by atoms with van der Waals surface area (Å²) < 4.78 is 24.5. The number of furan rings is 1. The van der Waals surface area contributed by atoms with Crippen molar-refractivity contribution in [3.05, 3.63) is 58.8 Å². The molecule has 0 aliphatic heterocycles. The van der Waals surface area contributed by atoms with Gasteiger partial charge in [-0.3, -0.25) is 0 Å². The number of benzene rings is 1. The Bertz CT molecular complexity index is 537. The van der Waals surface area contributed by atoms with E-state index in [0.29, 0.717) is 18.7 Å². The highest BCUT2D eigenvalue weighted by atomic mass is 19.1. The molecule has 19 heavy (non-hydrogen) atoms. The number of hydrogen-bond donors (Lipinski definition) is 1. The van der Waals surface area contributed by atoms with Gasteiger partial charge in [-0.2, -0.15) is 0 Å². The largest absolute Gasteiger partial charge is 0.465 e. The van der Waals surface area contributed by atoms with Gasteiger partial charge in [0.15, 0.2) is 0 Å². The topological polar surface area (TPSA) is 34.4 Å². The summed E-state index contributed by atoms with van der Waals surface area (Å²) in [5.41, 5.74) is 1.57. The van der Waals surface area contributed by atoms with Crippen LogP contribution in [0.5, 0.6) is 0 Å². The van der Waals surface area contributed by atoms with Crippen molar-refractivity contribution in [2.45, 2.75) is 26.7 Å². The second-order valence-electron chi connectivity index (χ2n) is 4.41. The summed E-state index contributed by atoms with van der Waals surface area (Å²) in [6.45, 7) is 3.28. The first-order valence-corrected chi connectivity index (χ1v) is 6.24. The minimum Gasteiger partial charge on any atom is -0.465 e. The molecule has 0 aliphatic carbocycles. The molecule has 0 spiro atoms. The molecule has 0 unspecified atom stereocenters. The lowest BCUT2D eigenvalue weighted by Gasteiger charge is -2.04. The number of rotatable bonds is 6. The Hall–Kier alpha value is -1.65. The maximum atomic E-state index is 13.4. The van der Waals surface area contributed by atoms with Gasteiger partial charge in [-0.25, -0.2) is 4.39 Å². The van der Waals surface area contributed by atoms with Crippen molar-refractivity contribution < 1.29 is 13.5 Å². The lowest BCUT2D eigenvalue weighted by atomic mass is 10.2. The van der Waals surface area contributed by atoms with Crippen molar-refractivity contribution in [1.29, 1.82) is 0 Å². The molecule has 1 aromatic heterocycles. The highest BCUT2D eigenvalue weighted by molar-refractivity contribution is 5.20. The zero-order chi connectivity index (χ0) is 13.7. The summed E-state index contributed by atoms with van der Waals surface area (Å²) in [6.07, 6.45) is 0. The molecule has 3 nitrogen and oxygen atoms in total. The standard InChI is InChI=1S/C15H18FNO2/c1-11-13(7-14(19-11)8-17-2)10-18-9-12-5-3-4-6-15(12)16/h3-7,17H,8-10H2,1-2H3. The average Bonchev–Trinajstić information content (AvgIpc) is 2.73. The molecule has 1 heterocycles. The first-order chi connectivity index (χ1) is 9.20. The number of nitrogens with one attached hydrogen (secondary N) is 1. The van der Waals surface area contributed by atoms with Crippen LogP contribution in [0, 0.1) is 12.7 Å². The van der Waals surface area contributed by atoms with Crippen LogP contribution >= 0.6 is 0 Å². The van der Waals surface area contributed by atoms with E-state index < -0.39 is 0 Å². The van der Waals surface area contributed by atoms with E-state index in [2.05, 4.69) is 5.32 Å². The molecule has 0 atom stereocenters. The quantitative estimate of drug-likeness (QED) is 0.869. The molecular formula is C15H18FNO2. The summed E-state index contributed by atoms with van der Waals surface area (Å²) in [4.78, 5) is 0. The molecule has 2 rings (SSSR count). The van der Waals surface area contributed by atoms with Crippen LogP contribution in [0.2, 0.25) is 0 Å². The van der Waals surface area contributed by atoms with Crippen LogP contribution in [-0.2, 0) is 24.5 Å². The first kappa shape index (κ1) is 13.8. The Morgan fingerprint density at radius 2 is 1.95 bits per heavy atom. The molecule has 1 aromatic carbocycles. The molecule has 0 saturated carbocycles. The van der Waals surface area contributed by atoms with Gasteiger partial charge in [0.2, 0.25) is 0 Å². The van der Waals surface area contributed by atoms with Gasteiger partial charge in [0.1, 0.15) is 17.3 Å². The Labute approximate surface area is 112 Å². The average molecular weight is 263 g/mol. The van der Waals surface area contributed by atoms with Crippen molar-refractivity contribution in [2.24, 2.45) is 0 Å². The van der Waals surface area contributed by atoms with Crippen LogP contribution in [0.4, 0.5) is 4.39 Å². The van der Waals surface area contributed by atoms with Crippen molar-refractivity contribution in [3.8, 4) is 0 Å². The van der Waals surface area contributed by atoms with Gasteiger partial charge in [0.05, 0.1) is 19.8 Å². The third kappa shape index (κ3) is 3.66. The maximum absolute atomic E-state index is 13.4. The normalized spacial score (nSPS) is 10.9. The summed E-state index contributed by atoms with van der Waals surface area (Å²) in [5, 5.41) is 3.03. The second-order valence-corrected chi connectivity index (χ2v) is 4.41. The van der Waals surface area contributed by atoms with E-state index in [4.69, 9.17) is 9.15 Å². The van der Waals surface area contributed by atoms with Gasteiger partial charge in [-0.1, -0.05) is 18.2 Å². The lowest BCUT2D eigenvalue weighted by molar-refractivity contribution is 0.104.